The summed E-state index contributed by atoms with van der Waals surface area (Å²) in [6.45, 7) is 5.49. The van der Waals surface area contributed by atoms with Crippen molar-refractivity contribution in [3.63, 3.8) is 0 Å². The molecule has 0 saturated carbocycles. The van der Waals surface area contributed by atoms with Crippen LogP contribution in [0.2, 0.25) is 0 Å². The fourth-order valence-electron chi connectivity index (χ4n) is 4.71. The molecule has 4 rings (SSSR count). The van der Waals surface area contributed by atoms with Gasteiger partial charge in [-0.05, 0) is 37.7 Å². The number of rotatable bonds is 9. The Bertz CT molecular complexity index is 1380. The molecule has 0 bridgehead atoms. The van der Waals surface area contributed by atoms with E-state index in [0.29, 0.717) is 30.1 Å². The average Bonchev–Trinajstić information content (AvgIpc) is 3.36. The van der Waals surface area contributed by atoms with E-state index < -0.39 is 10.0 Å². The number of carbonyl (C=O) groups excluding carboxylic acids is 1. The highest BCUT2D eigenvalue weighted by atomic mass is 32.2. The van der Waals surface area contributed by atoms with E-state index in [1.165, 1.54) is 18.1 Å². The SMILES string of the molecule is C[C@@H]1CN([C@H](C)CO)C(=O)Cc2cc(NS(=O)(=O)c3cn(C)cn3)ccc2O[C@H]1CN(C)Cc1ccccc1. The maximum atomic E-state index is 13.4. The molecule has 0 spiro atoms. The molecule has 0 radical (unpaired) electrons. The molecule has 1 aliphatic rings. The summed E-state index contributed by atoms with van der Waals surface area (Å²) in [5.74, 6) is 0.346. The number of carbonyl (C=O) groups is 1. The number of aliphatic hydroxyl groups is 1. The largest absolute Gasteiger partial charge is 0.488 e. The highest BCUT2D eigenvalue weighted by Gasteiger charge is 2.31. The number of sulfonamides is 1. The Hall–Kier alpha value is -3.41. The second-order valence-electron chi connectivity index (χ2n) is 10.4. The summed E-state index contributed by atoms with van der Waals surface area (Å²) >= 11 is 0. The third-order valence-corrected chi connectivity index (χ3v) is 8.18. The summed E-state index contributed by atoms with van der Waals surface area (Å²) in [5, 5.41) is 9.76. The lowest BCUT2D eigenvalue weighted by Gasteiger charge is -2.34. The minimum absolute atomic E-state index is 0.0120. The Kier molecular flexibility index (Phi) is 8.94. The van der Waals surface area contributed by atoms with Crippen LogP contribution < -0.4 is 9.46 Å². The van der Waals surface area contributed by atoms with Crippen LogP contribution in [0.25, 0.3) is 0 Å². The number of aliphatic hydroxyl groups excluding tert-OH is 1. The van der Waals surface area contributed by atoms with Crippen molar-refractivity contribution in [2.45, 2.75) is 44.0 Å². The number of hydrogen-bond acceptors (Lipinski definition) is 7. The Morgan fingerprint density at radius 2 is 1.97 bits per heavy atom. The van der Waals surface area contributed by atoms with Gasteiger partial charge in [0.15, 0.2) is 5.03 Å². The standard InChI is InChI=1S/C28H37N5O5S/c1-20-14-33(21(2)18-34)28(35)13-23-12-24(30-39(36,37)27-17-32(4)19-29-27)10-11-25(23)38-26(20)16-31(3)15-22-8-6-5-7-9-22/h5-12,17,19-21,26,30,34H,13-16,18H2,1-4H3/t20-,21-,26+/m1/s1. The molecule has 39 heavy (non-hydrogen) atoms. The molecule has 0 fully saturated rings. The van der Waals surface area contributed by atoms with Crippen LogP contribution in [0.1, 0.15) is 25.0 Å². The number of likely N-dealkylation sites (N-methyl/N-ethyl adjacent to an activating group) is 1. The van der Waals surface area contributed by atoms with Crippen LogP contribution >= 0.6 is 0 Å². The van der Waals surface area contributed by atoms with Crippen molar-refractivity contribution in [1.29, 1.82) is 0 Å². The molecule has 0 aliphatic carbocycles. The number of ether oxygens (including phenoxy) is 1. The molecule has 1 aromatic heterocycles. The second kappa shape index (κ2) is 12.2. The highest BCUT2D eigenvalue weighted by Crippen LogP contribution is 2.30. The maximum absolute atomic E-state index is 13.4. The van der Waals surface area contributed by atoms with Gasteiger partial charge in [0.1, 0.15) is 11.9 Å². The smallest absolute Gasteiger partial charge is 0.280 e. The number of imidazole rings is 1. The molecule has 2 heterocycles. The quantitative estimate of drug-likeness (QED) is 0.417. The predicted molar refractivity (Wildman–Crippen MR) is 149 cm³/mol. The summed E-state index contributed by atoms with van der Waals surface area (Å²) in [6.07, 6.45) is 2.59. The van der Waals surface area contributed by atoms with Crippen molar-refractivity contribution in [3.8, 4) is 5.75 Å². The monoisotopic (exact) mass is 555 g/mol. The van der Waals surface area contributed by atoms with Crippen LogP contribution in [-0.4, -0.2) is 77.7 Å². The van der Waals surface area contributed by atoms with Crippen molar-refractivity contribution in [1.82, 2.24) is 19.4 Å². The van der Waals surface area contributed by atoms with Gasteiger partial charge in [-0.3, -0.25) is 14.4 Å². The van der Waals surface area contributed by atoms with E-state index in [1.54, 1.807) is 34.7 Å². The molecule has 2 N–H and O–H groups in total. The second-order valence-corrected chi connectivity index (χ2v) is 12.0. The zero-order chi connectivity index (χ0) is 28.2. The van der Waals surface area contributed by atoms with Gasteiger partial charge in [0, 0.05) is 50.0 Å². The first-order valence-electron chi connectivity index (χ1n) is 13.0. The molecular formula is C28H37N5O5S. The van der Waals surface area contributed by atoms with Gasteiger partial charge in [0.25, 0.3) is 10.0 Å². The molecule has 10 nitrogen and oxygen atoms in total. The normalized spacial score (nSPS) is 19.0. The number of anilines is 1. The van der Waals surface area contributed by atoms with Crippen LogP contribution in [0.5, 0.6) is 5.75 Å². The summed E-state index contributed by atoms with van der Waals surface area (Å²) < 4.78 is 36.3. The first-order valence-corrected chi connectivity index (χ1v) is 14.5. The van der Waals surface area contributed by atoms with Gasteiger partial charge in [-0.1, -0.05) is 37.3 Å². The van der Waals surface area contributed by atoms with Gasteiger partial charge in [0.2, 0.25) is 5.91 Å². The molecule has 0 saturated heterocycles. The summed E-state index contributed by atoms with van der Waals surface area (Å²) in [5.41, 5.74) is 2.07. The van der Waals surface area contributed by atoms with Crippen LogP contribution in [-0.2, 0) is 34.8 Å². The van der Waals surface area contributed by atoms with Crippen molar-refractivity contribution in [2.75, 3.05) is 31.5 Å². The minimum atomic E-state index is -3.91. The number of benzene rings is 2. The zero-order valence-corrected chi connectivity index (χ0v) is 23.6. The molecular weight excluding hydrogens is 518 g/mol. The molecule has 210 valence electrons. The van der Waals surface area contributed by atoms with Gasteiger partial charge in [-0.2, -0.15) is 8.42 Å². The Morgan fingerprint density at radius 3 is 2.64 bits per heavy atom. The number of nitrogens with zero attached hydrogens (tertiary/aromatic N) is 4. The van der Waals surface area contributed by atoms with Gasteiger partial charge >= 0.3 is 0 Å². The van der Waals surface area contributed by atoms with Gasteiger partial charge in [-0.15, -0.1) is 0 Å². The van der Waals surface area contributed by atoms with E-state index >= 15 is 0 Å². The molecule has 11 heteroatoms. The van der Waals surface area contributed by atoms with Crippen molar-refractivity contribution < 1.29 is 23.1 Å². The number of nitrogens with one attached hydrogen (secondary N) is 1. The fraction of sp³-hybridized carbons (Fsp3) is 0.429. The van der Waals surface area contributed by atoms with Crippen molar-refractivity contribution in [3.05, 3.63) is 72.2 Å². The lowest BCUT2D eigenvalue weighted by Crippen LogP contribution is -2.47. The molecule has 3 atom stereocenters. The van der Waals surface area contributed by atoms with Crippen LogP contribution in [0.4, 0.5) is 5.69 Å². The lowest BCUT2D eigenvalue weighted by molar-refractivity contribution is -0.134. The first-order chi connectivity index (χ1) is 18.6. The number of aromatic nitrogens is 2. The fourth-order valence-corrected chi connectivity index (χ4v) is 5.75. The first kappa shape index (κ1) is 28.6. The van der Waals surface area contributed by atoms with Crippen molar-refractivity contribution in [2.24, 2.45) is 13.0 Å². The van der Waals surface area contributed by atoms with E-state index in [0.717, 1.165) is 6.54 Å². The van der Waals surface area contributed by atoms with E-state index in [4.69, 9.17) is 4.74 Å². The molecule has 2 aromatic carbocycles. The Morgan fingerprint density at radius 1 is 1.23 bits per heavy atom. The number of aryl methyl sites for hydroxylation is 1. The van der Waals surface area contributed by atoms with Crippen molar-refractivity contribution >= 4 is 21.6 Å². The van der Waals surface area contributed by atoms with Crippen LogP contribution in [0.15, 0.2) is 66.1 Å². The third kappa shape index (κ3) is 7.17. The van der Waals surface area contributed by atoms with E-state index in [9.17, 15) is 18.3 Å². The Balaban J connectivity index is 1.63. The summed E-state index contributed by atoms with van der Waals surface area (Å²) in [6, 6.07) is 14.8. The predicted octanol–water partition coefficient (Wildman–Crippen LogP) is 2.50. The van der Waals surface area contributed by atoms with Crippen LogP contribution in [0, 0.1) is 5.92 Å². The third-order valence-electron chi connectivity index (χ3n) is 6.91. The van der Waals surface area contributed by atoms with E-state index in [-0.39, 0.29) is 42.0 Å². The zero-order valence-electron chi connectivity index (χ0n) is 22.8. The molecule has 1 amide bonds. The lowest BCUT2D eigenvalue weighted by atomic mass is 10.0. The average molecular weight is 556 g/mol. The minimum Gasteiger partial charge on any atom is -0.488 e. The highest BCUT2D eigenvalue weighted by molar-refractivity contribution is 7.92. The topological polar surface area (TPSA) is 117 Å². The molecule has 0 unspecified atom stereocenters. The van der Waals surface area contributed by atoms with Gasteiger partial charge in [-0.25, -0.2) is 4.98 Å². The van der Waals surface area contributed by atoms with Crippen LogP contribution in [0.3, 0.4) is 0 Å². The number of fused-ring (bicyclic) bond motifs is 1. The summed E-state index contributed by atoms with van der Waals surface area (Å²) in [7, 11) is -0.183. The molecule has 1 aliphatic heterocycles. The molecule has 3 aromatic rings. The maximum Gasteiger partial charge on any atom is 0.280 e. The summed E-state index contributed by atoms with van der Waals surface area (Å²) in [4.78, 5) is 21.2. The van der Waals surface area contributed by atoms with Gasteiger partial charge in [0.05, 0.1) is 25.4 Å². The number of hydrogen-bond donors (Lipinski definition) is 2. The van der Waals surface area contributed by atoms with E-state index in [2.05, 4.69) is 26.7 Å². The Labute approximate surface area is 230 Å². The van der Waals surface area contributed by atoms with Gasteiger partial charge < -0.3 is 19.3 Å². The van der Waals surface area contributed by atoms with E-state index in [1.807, 2.05) is 39.1 Å². The number of amides is 1.